The van der Waals surface area contributed by atoms with Gasteiger partial charge in [-0.3, -0.25) is 4.79 Å². The van der Waals surface area contributed by atoms with Crippen molar-refractivity contribution >= 4 is 24.0 Å². The number of benzene rings is 2. The van der Waals surface area contributed by atoms with Crippen LogP contribution in [0.2, 0.25) is 0 Å². The van der Waals surface area contributed by atoms with Crippen LogP contribution in [0, 0.1) is 6.92 Å². The first-order valence-corrected chi connectivity index (χ1v) is 7.90. The van der Waals surface area contributed by atoms with E-state index in [4.69, 9.17) is 15.2 Å². The van der Waals surface area contributed by atoms with Gasteiger partial charge in [-0.25, -0.2) is 0 Å². The Hall–Kier alpha value is -2.24. The van der Waals surface area contributed by atoms with Crippen molar-refractivity contribution in [3.8, 4) is 11.5 Å². The number of amides is 1. The number of para-hydroxylation sites is 1. The van der Waals surface area contributed by atoms with E-state index in [9.17, 15) is 4.79 Å². The number of carbonyl (C=O) groups is 1. The van der Waals surface area contributed by atoms with Crippen molar-refractivity contribution in [2.75, 3.05) is 19.0 Å². The first-order chi connectivity index (χ1) is 11.5. The molecule has 0 aromatic heterocycles. The first kappa shape index (κ1) is 20.8. The molecule has 0 aliphatic rings. The number of halogens is 1. The van der Waals surface area contributed by atoms with Gasteiger partial charge in [0.1, 0.15) is 0 Å². The van der Waals surface area contributed by atoms with Crippen LogP contribution in [-0.2, 0) is 11.2 Å². The Morgan fingerprint density at radius 1 is 1.20 bits per heavy atom. The second-order valence-electron chi connectivity index (χ2n) is 5.82. The predicted molar refractivity (Wildman–Crippen MR) is 103 cm³/mol. The van der Waals surface area contributed by atoms with E-state index in [-0.39, 0.29) is 31.0 Å². The summed E-state index contributed by atoms with van der Waals surface area (Å²) in [4.78, 5) is 12.1. The molecule has 25 heavy (non-hydrogen) atoms. The van der Waals surface area contributed by atoms with E-state index in [1.807, 2.05) is 50.2 Å². The van der Waals surface area contributed by atoms with Crippen LogP contribution in [0.25, 0.3) is 0 Å². The average molecular weight is 365 g/mol. The van der Waals surface area contributed by atoms with Gasteiger partial charge in [-0.15, -0.1) is 12.4 Å². The Morgan fingerprint density at radius 2 is 1.92 bits per heavy atom. The maximum atomic E-state index is 12.1. The predicted octanol–water partition coefficient (Wildman–Crippen LogP) is 3.33. The minimum atomic E-state index is -0.217. The quantitative estimate of drug-likeness (QED) is 0.790. The molecule has 136 valence electrons. The average Bonchev–Trinajstić information content (AvgIpc) is 2.55. The number of hydrogen-bond donors (Lipinski definition) is 2. The normalized spacial score (nSPS) is 11.2. The van der Waals surface area contributed by atoms with Crippen LogP contribution < -0.4 is 20.5 Å². The largest absolute Gasteiger partial charge is 0.493 e. The van der Waals surface area contributed by atoms with Gasteiger partial charge in [0.25, 0.3) is 5.91 Å². The van der Waals surface area contributed by atoms with Crippen LogP contribution in [0.15, 0.2) is 42.5 Å². The fraction of sp³-hybridized carbons (Fsp3) is 0.316. The molecule has 1 atom stereocenters. The standard InChI is InChI=1S/C19H24N2O3.ClH/c1-13-6-4-5-7-16(13)21-19(22)12-24-17-9-8-15(10-14(2)20)11-18(17)23-3;/h4-9,11,14H,10,12,20H2,1-3H3,(H,21,22);1H. The molecule has 1 unspecified atom stereocenters. The van der Waals surface area contributed by atoms with Gasteiger partial charge in [-0.05, 0) is 49.6 Å². The smallest absolute Gasteiger partial charge is 0.262 e. The van der Waals surface area contributed by atoms with Crippen LogP contribution in [-0.4, -0.2) is 25.7 Å². The summed E-state index contributed by atoms with van der Waals surface area (Å²) < 4.78 is 10.9. The summed E-state index contributed by atoms with van der Waals surface area (Å²) in [7, 11) is 1.57. The van der Waals surface area contributed by atoms with E-state index >= 15 is 0 Å². The number of nitrogens with two attached hydrogens (primary N) is 1. The van der Waals surface area contributed by atoms with E-state index in [0.717, 1.165) is 23.2 Å². The zero-order valence-corrected chi connectivity index (χ0v) is 15.6. The molecule has 2 aromatic carbocycles. The number of rotatable bonds is 7. The number of hydrogen-bond acceptors (Lipinski definition) is 4. The fourth-order valence-corrected chi connectivity index (χ4v) is 2.37. The number of anilines is 1. The summed E-state index contributed by atoms with van der Waals surface area (Å²) in [5.41, 5.74) is 8.67. The van der Waals surface area contributed by atoms with Crippen molar-refractivity contribution in [1.29, 1.82) is 0 Å². The van der Waals surface area contributed by atoms with Crippen molar-refractivity contribution in [2.45, 2.75) is 26.3 Å². The van der Waals surface area contributed by atoms with Crippen molar-refractivity contribution < 1.29 is 14.3 Å². The highest BCUT2D eigenvalue weighted by Crippen LogP contribution is 2.28. The topological polar surface area (TPSA) is 73.6 Å². The summed E-state index contributed by atoms with van der Waals surface area (Å²) in [5.74, 6) is 0.911. The van der Waals surface area contributed by atoms with Crippen LogP contribution >= 0.6 is 12.4 Å². The molecule has 5 nitrogen and oxygen atoms in total. The van der Waals surface area contributed by atoms with Crippen molar-refractivity contribution in [2.24, 2.45) is 5.73 Å². The Morgan fingerprint density at radius 3 is 2.56 bits per heavy atom. The lowest BCUT2D eigenvalue weighted by Crippen LogP contribution is -2.21. The second-order valence-corrected chi connectivity index (χ2v) is 5.82. The van der Waals surface area contributed by atoms with Crippen LogP contribution in [0.1, 0.15) is 18.1 Å². The van der Waals surface area contributed by atoms with E-state index in [1.54, 1.807) is 13.2 Å². The summed E-state index contributed by atoms with van der Waals surface area (Å²) >= 11 is 0. The number of methoxy groups -OCH3 is 1. The molecule has 6 heteroatoms. The lowest BCUT2D eigenvalue weighted by Gasteiger charge is -2.13. The molecular weight excluding hydrogens is 340 g/mol. The van der Waals surface area contributed by atoms with Crippen LogP contribution in [0.4, 0.5) is 5.69 Å². The molecular formula is C19H25ClN2O3. The zero-order chi connectivity index (χ0) is 17.5. The van der Waals surface area contributed by atoms with Crippen LogP contribution in [0.5, 0.6) is 11.5 Å². The Balaban J connectivity index is 0.00000312. The van der Waals surface area contributed by atoms with E-state index in [0.29, 0.717) is 11.5 Å². The summed E-state index contributed by atoms with van der Waals surface area (Å²) in [6.07, 6.45) is 0.754. The molecule has 2 aromatic rings. The van der Waals surface area contributed by atoms with Crippen molar-refractivity contribution in [1.82, 2.24) is 0 Å². The molecule has 0 fully saturated rings. The number of ether oxygens (including phenoxy) is 2. The molecule has 3 N–H and O–H groups in total. The van der Waals surface area contributed by atoms with Crippen molar-refractivity contribution in [3.63, 3.8) is 0 Å². The molecule has 0 bridgehead atoms. The lowest BCUT2D eigenvalue weighted by atomic mass is 10.1. The van der Waals surface area contributed by atoms with E-state index in [2.05, 4.69) is 5.32 Å². The molecule has 0 saturated heterocycles. The van der Waals surface area contributed by atoms with Gasteiger partial charge in [-0.1, -0.05) is 24.3 Å². The Kier molecular flexibility index (Phi) is 8.25. The fourth-order valence-electron chi connectivity index (χ4n) is 2.37. The minimum Gasteiger partial charge on any atom is -0.493 e. The molecule has 0 saturated carbocycles. The minimum absolute atomic E-state index is 0. The summed E-state index contributed by atoms with van der Waals surface area (Å²) in [6, 6.07) is 13.3. The summed E-state index contributed by atoms with van der Waals surface area (Å²) in [6.45, 7) is 3.81. The van der Waals surface area contributed by atoms with Gasteiger partial charge in [0.05, 0.1) is 7.11 Å². The third kappa shape index (κ3) is 6.29. The number of aryl methyl sites for hydroxylation is 1. The molecule has 0 heterocycles. The molecule has 0 spiro atoms. The van der Waals surface area contributed by atoms with Gasteiger partial charge < -0.3 is 20.5 Å². The summed E-state index contributed by atoms with van der Waals surface area (Å²) in [5, 5.41) is 2.83. The molecule has 0 aliphatic carbocycles. The highest BCUT2D eigenvalue weighted by molar-refractivity contribution is 5.92. The Bertz CT molecular complexity index is 705. The SMILES string of the molecule is COc1cc(CC(C)N)ccc1OCC(=O)Nc1ccccc1C.Cl. The van der Waals surface area contributed by atoms with Gasteiger partial charge in [-0.2, -0.15) is 0 Å². The maximum absolute atomic E-state index is 12.1. The monoisotopic (exact) mass is 364 g/mol. The number of nitrogens with one attached hydrogen (secondary N) is 1. The number of carbonyl (C=O) groups excluding carboxylic acids is 1. The van der Waals surface area contributed by atoms with Gasteiger partial charge in [0.2, 0.25) is 0 Å². The van der Waals surface area contributed by atoms with Gasteiger partial charge >= 0.3 is 0 Å². The van der Waals surface area contributed by atoms with Gasteiger partial charge in [0.15, 0.2) is 18.1 Å². The molecule has 1 amide bonds. The third-order valence-electron chi connectivity index (χ3n) is 3.56. The molecule has 2 rings (SSSR count). The van der Waals surface area contributed by atoms with Crippen LogP contribution in [0.3, 0.4) is 0 Å². The van der Waals surface area contributed by atoms with E-state index < -0.39 is 0 Å². The molecule has 0 aliphatic heterocycles. The highest BCUT2D eigenvalue weighted by atomic mass is 35.5. The van der Waals surface area contributed by atoms with E-state index in [1.165, 1.54) is 0 Å². The third-order valence-corrected chi connectivity index (χ3v) is 3.56. The first-order valence-electron chi connectivity index (χ1n) is 7.90. The Labute approximate surface area is 154 Å². The second kappa shape index (κ2) is 9.91. The lowest BCUT2D eigenvalue weighted by molar-refractivity contribution is -0.118. The highest BCUT2D eigenvalue weighted by Gasteiger charge is 2.10. The maximum Gasteiger partial charge on any atom is 0.262 e. The zero-order valence-electron chi connectivity index (χ0n) is 14.7. The van der Waals surface area contributed by atoms with Crippen molar-refractivity contribution in [3.05, 3.63) is 53.6 Å². The molecule has 0 radical (unpaired) electrons. The van der Waals surface area contributed by atoms with Gasteiger partial charge in [0, 0.05) is 11.7 Å².